The smallest absolute Gasteiger partial charge is 0.255 e. The number of nitrogens with one attached hydrogen (secondary N) is 1. The average molecular weight is 397 g/mol. The quantitative estimate of drug-likeness (QED) is 0.461. The number of aromatic nitrogens is 1. The number of hydrogen-bond donors (Lipinski definition) is 1. The Bertz CT molecular complexity index is 1090. The Balaban J connectivity index is 1.45. The van der Waals surface area contributed by atoms with Gasteiger partial charge >= 0.3 is 0 Å². The fourth-order valence-corrected chi connectivity index (χ4v) is 3.01. The molecule has 0 unspecified atom stereocenters. The van der Waals surface area contributed by atoms with Gasteiger partial charge in [0.2, 0.25) is 0 Å². The van der Waals surface area contributed by atoms with E-state index in [9.17, 15) is 4.79 Å². The zero-order valence-corrected chi connectivity index (χ0v) is 15.6. The molecule has 1 heterocycles. The molecule has 1 aromatic heterocycles. The van der Waals surface area contributed by atoms with Crippen molar-refractivity contribution in [3.05, 3.63) is 93.8 Å². The minimum absolute atomic E-state index is 0.250. The summed E-state index contributed by atoms with van der Waals surface area (Å²) >= 11 is 11.8. The highest BCUT2D eigenvalue weighted by Gasteiger charge is 2.09. The van der Waals surface area contributed by atoms with E-state index in [2.05, 4.69) is 10.3 Å². The maximum atomic E-state index is 12.3. The zero-order valence-electron chi connectivity index (χ0n) is 14.1. The Hall–Kier alpha value is -2.82. The molecule has 0 spiro atoms. The summed E-state index contributed by atoms with van der Waals surface area (Å²) in [7, 11) is 0. The number of carbonyl (C=O) groups excluding carboxylic acids is 1. The lowest BCUT2D eigenvalue weighted by Gasteiger charge is -2.07. The maximum absolute atomic E-state index is 12.3. The summed E-state index contributed by atoms with van der Waals surface area (Å²) in [6.45, 7) is 0. The van der Waals surface area contributed by atoms with Gasteiger partial charge in [-0.3, -0.25) is 4.79 Å². The van der Waals surface area contributed by atoms with Crippen LogP contribution in [-0.4, -0.2) is 10.9 Å². The van der Waals surface area contributed by atoms with Crippen LogP contribution in [-0.2, 0) is 6.42 Å². The maximum Gasteiger partial charge on any atom is 0.255 e. The van der Waals surface area contributed by atoms with Gasteiger partial charge in [0.15, 0.2) is 11.5 Å². The number of halogens is 2. The first-order valence-electron chi connectivity index (χ1n) is 8.28. The minimum Gasteiger partial charge on any atom is -0.440 e. The molecule has 1 N–H and O–H groups in total. The molecule has 0 saturated carbocycles. The number of amides is 1. The van der Waals surface area contributed by atoms with Gasteiger partial charge in [-0.05, 0) is 48.0 Å². The second-order valence-electron chi connectivity index (χ2n) is 6.03. The molecule has 1 amide bonds. The highest BCUT2D eigenvalue weighted by Crippen LogP contribution is 2.23. The van der Waals surface area contributed by atoms with E-state index in [-0.39, 0.29) is 5.91 Å². The fraction of sp³-hybridized carbons (Fsp3) is 0.0476. The molecule has 4 rings (SSSR count). The van der Waals surface area contributed by atoms with Crippen molar-refractivity contribution in [1.29, 1.82) is 0 Å². The molecule has 0 aliphatic heterocycles. The number of rotatable bonds is 4. The normalized spacial score (nSPS) is 10.9. The number of fused-ring (bicyclic) bond motifs is 1. The van der Waals surface area contributed by atoms with E-state index in [4.69, 9.17) is 27.6 Å². The molecule has 4 nitrogen and oxygen atoms in total. The molecular weight excluding hydrogens is 383 g/mol. The summed E-state index contributed by atoms with van der Waals surface area (Å²) in [6.07, 6.45) is 0.579. The average Bonchev–Trinajstić information content (AvgIpc) is 3.08. The van der Waals surface area contributed by atoms with Gasteiger partial charge in [-0.1, -0.05) is 47.5 Å². The Labute approximate surface area is 165 Å². The minimum atomic E-state index is -0.250. The van der Waals surface area contributed by atoms with E-state index in [0.717, 1.165) is 16.7 Å². The zero-order chi connectivity index (χ0) is 18.8. The number of oxazole rings is 1. The predicted molar refractivity (Wildman–Crippen MR) is 108 cm³/mol. The van der Waals surface area contributed by atoms with Gasteiger partial charge in [-0.2, -0.15) is 0 Å². The number of hydrogen-bond acceptors (Lipinski definition) is 3. The van der Waals surface area contributed by atoms with Crippen molar-refractivity contribution < 1.29 is 9.21 Å². The van der Waals surface area contributed by atoms with E-state index >= 15 is 0 Å². The van der Waals surface area contributed by atoms with Gasteiger partial charge in [-0.15, -0.1) is 0 Å². The van der Waals surface area contributed by atoms with Crippen molar-refractivity contribution in [2.24, 2.45) is 0 Å². The van der Waals surface area contributed by atoms with E-state index in [1.54, 1.807) is 18.2 Å². The van der Waals surface area contributed by atoms with Crippen molar-refractivity contribution in [3.8, 4) is 0 Å². The molecule has 0 aliphatic rings. The van der Waals surface area contributed by atoms with Gasteiger partial charge < -0.3 is 9.73 Å². The van der Waals surface area contributed by atoms with Crippen molar-refractivity contribution >= 4 is 45.9 Å². The fourth-order valence-electron chi connectivity index (χ4n) is 2.72. The van der Waals surface area contributed by atoms with Gasteiger partial charge in [0.1, 0.15) is 5.52 Å². The molecule has 0 bridgehead atoms. The number of anilines is 1. The standard InChI is InChI=1S/C21H14Cl2N2O2/c22-16-10-7-14(12-17(16)23)21(26)24-15-8-5-13(6-9-15)11-20-25-18-3-1-2-4-19(18)27-20/h1-10,12H,11H2,(H,24,26). The van der Waals surface area contributed by atoms with Gasteiger partial charge in [0.25, 0.3) is 5.91 Å². The first-order valence-corrected chi connectivity index (χ1v) is 9.04. The van der Waals surface area contributed by atoms with Crippen LogP contribution in [0.5, 0.6) is 0 Å². The molecule has 4 aromatic rings. The predicted octanol–water partition coefficient (Wildman–Crippen LogP) is 5.98. The summed E-state index contributed by atoms with van der Waals surface area (Å²) in [5.41, 5.74) is 3.79. The van der Waals surface area contributed by atoms with Crippen LogP contribution in [0.15, 0.2) is 71.1 Å². The van der Waals surface area contributed by atoms with Crippen LogP contribution in [0.25, 0.3) is 11.1 Å². The molecule has 0 aliphatic carbocycles. The topological polar surface area (TPSA) is 55.1 Å². The molecule has 0 saturated heterocycles. The molecular formula is C21H14Cl2N2O2. The van der Waals surface area contributed by atoms with Crippen molar-refractivity contribution in [3.63, 3.8) is 0 Å². The molecule has 3 aromatic carbocycles. The van der Waals surface area contributed by atoms with E-state index in [1.165, 1.54) is 0 Å². The molecule has 0 radical (unpaired) electrons. The Morgan fingerprint density at radius 1 is 0.963 bits per heavy atom. The number of benzene rings is 3. The van der Waals surface area contributed by atoms with Crippen molar-refractivity contribution in [2.75, 3.05) is 5.32 Å². The van der Waals surface area contributed by atoms with Crippen LogP contribution < -0.4 is 5.32 Å². The van der Waals surface area contributed by atoms with Crippen LogP contribution >= 0.6 is 23.2 Å². The SMILES string of the molecule is O=C(Nc1ccc(Cc2nc3ccccc3o2)cc1)c1ccc(Cl)c(Cl)c1. The van der Waals surface area contributed by atoms with Crippen LogP contribution in [0.1, 0.15) is 21.8 Å². The number of carbonyl (C=O) groups is 1. The first kappa shape index (κ1) is 17.6. The van der Waals surface area contributed by atoms with E-state index in [1.807, 2.05) is 48.5 Å². The molecule has 27 heavy (non-hydrogen) atoms. The third-order valence-electron chi connectivity index (χ3n) is 4.09. The van der Waals surface area contributed by atoms with Gasteiger partial charge in [0, 0.05) is 17.7 Å². The van der Waals surface area contributed by atoms with Crippen molar-refractivity contribution in [2.45, 2.75) is 6.42 Å². The van der Waals surface area contributed by atoms with E-state index < -0.39 is 0 Å². The Kier molecular flexibility index (Phi) is 4.84. The van der Waals surface area contributed by atoms with Crippen LogP contribution in [0.4, 0.5) is 5.69 Å². The largest absolute Gasteiger partial charge is 0.440 e. The van der Waals surface area contributed by atoms with E-state index in [0.29, 0.717) is 33.6 Å². The highest BCUT2D eigenvalue weighted by atomic mass is 35.5. The van der Waals surface area contributed by atoms with Gasteiger partial charge in [-0.25, -0.2) is 4.98 Å². The Morgan fingerprint density at radius 2 is 1.74 bits per heavy atom. The molecule has 0 atom stereocenters. The lowest BCUT2D eigenvalue weighted by Crippen LogP contribution is -2.11. The summed E-state index contributed by atoms with van der Waals surface area (Å²) < 4.78 is 5.74. The second kappa shape index (κ2) is 7.43. The number of nitrogens with zero attached hydrogens (tertiary/aromatic N) is 1. The molecule has 134 valence electrons. The number of para-hydroxylation sites is 2. The summed E-state index contributed by atoms with van der Waals surface area (Å²) in [4.78, 5) is 16.8. The van der Waals surface area contributed by atoms with Crippen LogP contribution in [0.3, 0.4) is 0 Å². The third-order valence-corrected chi connectivity index (χ3v) is 4.83. The Morgan fingerprint density at radius 3 is 2.48 bits per heavy atom. The summed E-state index contributed by atoms with van der Waals surface area (Å²) in [5.74, 6) is 0.407. The highest BCUT2D eigenvalue weighted by molar-refractivity contribution is 6.42. The van der Waals surface area contributed by atoms with Crippen LogP contribution in [0.2, 0.25) is 10.0 Å². The lowest BCUT2D eigenvalue weighted by molar-refractivity contribution is 0.102. The van der Waals surface area contributed by atoms with Crippen LogP contribution in [0, 0.1) is 0 Å². The van der Waals surface area contributed by atoms with Crippen molar-refractivity contribution in [1.82, 2.24) is 4.98 Å². The monoisotopic (exact) mass is 396 g/mol. The van der Waals surface area contributed by atoms with Gasteiger partial charge in [0.05, 0.1) is 10.0 Å². The molecule has 0 fully saturated rings. The first-order chi connectivity index (χ1) is 13.1. The second-order valence-corrected chi connectivity index (χ2v) is 6.85. The lowest BCUT2D eigenvalue weighted by atomic mass is 10.1. The molecule has 6 heteroatoms. The summed E-state index contributed by atoms with van der Waals surface area (Å²) in [6, 6.07) is 20.0. The summed E-state index contributed by atoms with van der Waals surface area (Å²) in [5, 5.41) is 3.60. The third kappa shape index (κ3) is 3.97.